The molecule has 4 aromatic rings. The van der Waals surface area contributed by atoms with Crippen LogP contribution in [0.1, 0.15) is 15.9 Å². The second-order valence-electron chi connectivity index (χ2n) is 6.28. The third kappa shape index (κ3) is 3.01. The van der Waals surface area contributed by atoms with Gasteiger partial charge in [-0.25, -0.2) is 8.91 Å². The maximum absolute atomic E-state index is 13.1. The Bertz CT molecular complexity index is 1280. The van der Waals surface area contributed by atoms with E-state index in [0.717, 1.165) is 5.56 Å². The molecule has 2 heterocycles. The standard InChI is InChI=1S/C21H15FN4O2/c1-2-11-25(13-14-7-9-15(22)10-8-14)21(28)17-12-23-26-18-6-4-3-5-16(18)20(27)24-19(17)26/h1,3-10,12H,11,13H2,(H,24,27). The van der Waals surface area contributed by atoms with Crippen LogP contribution in [0.3, 0.4) is 0 Å². The molecule has 0 atom stereocenters. The molecule has 0 aliphatic carbocycles. The van der Waals surface area contributed by atoms with Gasteiger partial charge >= 0.3 is 0 Å². The monoisotopic (exact) mass is 374 g/mol. The lowest BCUT2D eigenvalue weighted by atomic mass is 10.2. The van der Waals surface area contributed by atoms with Crippen LogP contribution in [0.5, 0.6) is 0 Å². The molecule has 2 aromatic carbocycles. The van der Waals surface area contributed by atoms with E-state index in [1.54, 1.807) is 36.4 Å². The third-order valence-corrected chi connectivity index (χ3v) is 4.46. The molecule has 28 heavy (non-hydrogen) atoms. The van der Waals surface area contributed by atoms with Crippen LogP contribution in [0.15, 0.2) is 59.5 Å². The number of halogens is 1. The second-order valence-corrected chi connectivity index (χ2v) is 6.28. The summed E-state index contributed by atoms with van der Waals surface area (Å²) in [5.74, 6) is 1.74. The zero-order valence-corrected chi connectivity index (χ0v) is 14.7. The largest absolute Gasteiger partial charge is 0.323 e. The van der Waals surface area contributed by atoms with Crippen LogP contribution in [0, 0.1) is 18.2 Å². The van der Waals surface area contributed by atoms with Crippen molar-refractivity contribution in [2.45, 2.75) is 6.54 Å². The van der Waals surface area contributed by atoms with Gasteiger partial charge in [-0.15, -0.1) is 6.42 Å². The number of aromatic nitrogens is 3. The Morgan fingerprint density at radius 2 is 1.96 bits per heavy atom. The van der Waals surface area contributed by atoms with E-state index < -0.39 is 0 Å². The zero-order chi connectivity index (χ0) is 19.7. The minimum absolute atomic E-state index is 0.0609. The molecule has 0 aliphatic rings. The SMILES string of the molecule is C#CCN(Cc1ccc(F)cc1)C(=O)c1cnn2c1[nH]c(=O)c1ccccc12. The van der Waals surface area contributed by atoms with Crippen LogP contribution in [-0.2, 0) is 6.54 Å². The van der Waals surface area contributed by atoms with E-state index in [9.17, 15) is 14.0 Å². The minimum Gasteiger partial charge on any atom is -0.323 e. The van der Waals surface area contributed by atoms with Crippen molar-refractivity contribution in [3.05, 3.63) is 82.0 Å². The summed E-state index contributed by atoms with van der Waals surface area (Å²) < 4.78 is 14.7. The Morgan fingerprint density at radius 3 is 2.71 bits per heavy atom. The molecule has 0 bridgehead atoms. The van der Waals surface area contributed by atoms with Crippen LogP contribution < -0.4 is 5.56 Å². The summed E-state index contributed by atoms with van der Waals surface area (Å²) in [6.07, 6.45) is 6.84. The molecule has 7 heteroatoms. The van der Waals surface area contributed by atoms with E-state index in [1.807, 2.05) is 0 Å². The molecule has 6 nitrogen and oxygen atoms in total. The molecular weight excluding hydrogens is 359 g/mol. The molecule has 2 aromatic heterocycles. The molecule has 0 fully saturated rings. The predicted octanol–water partition coefficient (Wildman–Crippen LogP) is 2.59. The van der Waals surface area contributed by atoms with Crippen LogP contribution in [0.25, 0.3) is 16.6 Å². The van der Waals surface area contributed by atoms with Gasteiger partial charge in [0, 0.05) is 6.54 Å². The number of para-hydroxylation sites is 1. The van der Waals surface area contributed by atoms with Gasteiger partial charge in [-0.05, 0) is 29.8 Å². The van der Waals surface area contributed by atoms with Gasteiger partial charge in [0.25, 0.3) is 11.5 Å². The molecule has 0 radical (unpaired) electrons. The van der Waals surface area contributed by atoms with Crippen LogP contribution >= 0.6 is 0 Å². The van der Waals surface area contributed by atoms with Crippen molar-refractivity contribution >= 4 is 22.5 Å². The van der Waals surface area contributed by atoms with Crippen molar-refractivity contribution in [1.82, 2.24) is 19.5 Å². The number of benzene rings is 2. The van der Waals surface area contributed by atoms with Crippen LogP contribution in [0.2, 0.25) is 0 Å². The summed E-state index contributed by atoms with van der Waals surface area (Å²) in [5.41, 5.74) is 1.57. The van der Waals surface area contributed by atoms with Gasteiger partial charge < -0.3 is 9.88 Å². The number of carbonyl (C=O) groups is 1. The first kappa shape index (κ1) is 17.5. The molecule has 0 aliphatic heterocycles. The number of H-pyrrole nitrogens is 1. The predicted molar refractivity (Wildman–Crippen MR) is 103 cm³/mol. The van der Waals surface area contributed by atoms with Crippen molar-refractivity contribution in [1.29, 1.82) is 0 Å². The van der Waals surface area contributed by atoms with Gasteiger partial charge in [0.15, 0.2) is 0 Å². The lowest BCUT2D eigenvalue weighted by Crippen LogP contribution is -2.31. The number of hydrogen-bond donors (Lipinski definition) is 1. The maximum atomic E-state index is 13.1. The zero-order valence-electron chi connectivity index (χ0n) is 14.7. The quantitative estimate of drug-likeness (QED) is 0.558. The van der Waals surface area contributed by atoms with Gasteiger partial charge in [-0.2, -0.15) is 5.10 Å². The van der Waals surface area contributed by atoms with Crippen molar-refractivity contribution in [3.63, 3.8) is 0 Å². The number of terminal acetylenes is 1. The minimum atomic E-state index is -0.372. The lowest BCUT2D eigenvalue weighted by Gasteiger charge is -2.20. The fraction of sp³-hybridized carbons (Fsp3) is 0.0952. The van der Waals surface area contributed by atoms with Gasteiger partial charge in [0.2, 0.25) is 0 Å². The Morgan fingerprint density at radius 1 is 1.21 bits per heavy atom. The highest BCUT2D eigenvalue weighted by Crippen LogP contribution is 2.17. The Labute approximate surface area is 159 Å². The molecule has 1 amide bonds. The van der Waals surface area contributed by atoms with Gasteiger partial charge in [-0.3, -0.25) is 9.59 Å². The number of aromatic amines is 1. The molecule has 0 saturated heterocycles. The number of nitrogens with zero attached hydrogens (tertiary/aromatic N) is 3. The van der Waals surface area contributed by atoms with Gasteiger partial charge in [0.1, 0.15) is 17.0 Å². The van der Waals surface area contributed by atoms with E-state index in [0.29, 0.717) is 16.6 Å². The number of carbonyl (C=O) groups excluding carboxylic acids is 1. The molecule has 138 valence electrons. The second kappa shape index (κ2) is 7.00. The fourth-order valence-electron chi connectivity index (χ4n) is 3.12. The van der Waals surface area contributed by atoms with Crippen molar-refractivity contribution in [3.8, 4) is 12.3 Å². The molecule has 0 saturated carbocycles. The summed E-state index contributed by atoms with van der Waals surface area (Å²) in [4.78, 5) is 29.7. The van der Waals surface area contributed by atoms with Gasteiger partial charge in [0.05, 0.1) is 23.6 Å². The van der Waals surface area contributed by atoms with Crippen LogP contribution in [0.4, 0.5) is 4.39 Å². The summed E-state index contributed by atoms with van der Waals surface area (Å²) in [6, 6.07) is 12.8. The van der Waals surface area contributed by atoms with E-state index in [4.69, 9.17) is 6.42 Å². The molecular formula is C21H15FN4O2. The summed E-state index contributed by atoms with van der Waals surface area (Å²) in [7, 11) is 0. The first-order valence-corrected chi connectivity index (χ1v) is 8.54. The van der Waals surface area contributed by atoms with E-state index >= 15 is 0 Å². The third-order valence-electron chi connectivity index (χ3n) is 4.46. The van der Waals surface area contributed by atoms with Crippen molar-refractivity contribution in [2.24, 2.45) is 0 Å². The topological polar surface area (TPSA) is 70.5 Å². The van der Waals surface area contributed by atoms with E-state index in [-0.39, 0.29) is 35.9 Å². The van der Waals surface area contributed by atoms with Gasteiger partial charge in [-0.1, -0.05) is 30.2 Å². The van der Waals surface area contributed by atoms with E-state index in [1.165, 1.54) is 27.7 Å². The highest BCUT2D eigenvalue weighted by atomic mass is 19.1. The maximum Gasteiger partial charge on any atom is 0.260 e. The highest BCUT2D eigenvalue weighted by molar-refractivity contribution is 6.00. The Balaban J connectivity index is 1.77. The van der Waals surface area contributed by atoms with E-state index in [2.05, 4.69) is 16.0 Å². The van der Waals surface area contributed by atoms with Crippen LogP contribution in [-0.4, -0.2) is 31.9 Å². The number of hydrogen-bond acceptors (Lipinski definition) is 3. The normalized spacial score (nSPS) is 10.9. The Kier molecular flexibility index (Phi) is 4.38. The summed E-state index contributed by atoms with van der Waals surface area (Å²) in [6.45, 7) is 0.268. The first-order chi connectivity index (χ1) is 13.6. The Hall–Kier alpha value is -3.92. The number of amides is 1. The molecule has 1 N–H and O–H groups in total. The van der Waals surface area contributed by atoms with Crippen molar-refractivity contribution < 1.29 is 9.18 Å². The summed E-state index contributed by atoms with van der Waals surface area (Å²) in [5, 5.41) is 4.74. The number of fused-ring (bicyclic) bond motifs is 3. The average molecular weight is 374 g/mol. The summed E-state index contributed by atoms with van der Waals surface area (Å²) >= 11 is 0. The first-order valence-electron chi connectivity index (χ1n) is 8.54. The lowest BCUT2D eigenvalue weighted by molar-refractivity contribution is 0.0767. The highest BCUT2D eigenvalue weighted by Gasteiger charge is 2.21. The number of rotatable bonds is 4. The smallest absolute Gasteiger partial charge is 0.260 e. The van der Waals surface area contributed by atoms with Crippen molar-refractivity contribution in [2.75, 3.05) is 6.54 Å². The average Bonchev–Trinajstić information content (AvgIpc) is 3.13. The fourth-order valence-corrected chi connectivity index (χ4v) is 3.12. The number of nitrogens with one attached hydrogen (secondary N) is 1. The molecule has 0 spiro atoms. The molecule has 0 unspecified atom stereocenters. The molecule has 4 rings (SSSR count).